The summed E-state index contributed by atoms with van der Waals surface area (Å²) in [5.41, 5.74) is 2.82. The van der Waals surface area contributed by atoms with E-state index in [4.69, 9.17) is 0 Å². The van der Waals surface area contributed by atoms with E-state index in [0.717, 1.165) is 31.7 Å². The van der Waals surface area contributed by atoms with E-state index in [1.54, 1.807) is 18.3 Å². The molecule has 3 atom stereocenters. The van der Waals surface area contributed by atoms with Crippen molar-refractivity contribution in [3.63, 3.8) is 0 Å². The second-order valence-corrected chi connectivity index (χ2v) is 8.32. The van der Waals surface area contributed by atoms with E-state index in [2.05, 4.69) is 28.1 Å². The molecular weight excluding hydrogens is 374 g/mol. The van der Waals surface area contributed by atoms with E-state index in [0.29, 0.717) is 23.3 Å². The number of pyridine rings is 1. The van der Waals surface area contributed by atoms with Crippen LogP contribution in [-0.2, 0) is 6.54 Å². The van der Waals surface area contributed by atoms with E-state index >= 15 is 0 Å². The van der Waals surface area contributed by atoms with Crippen LogP contribution < -0.4 is 0 Å². The standard InChI is InChI=1S/C25H25N3O2/c29-21-10-6-7-18(13-21)14-27-15-20-16-28(25(30)23-11-4-5-12-26-23)24(22(20)17-27)19-8-2-1-3-9-19/h1-13,20,22,24,29H,14-17H2/t20-,22-,24+/m0/s1. The average Bonchev–Trinajstić information content (AvgIpc) is 3.31. The summed E-state index contributed by atoms with van der Waals surface area (Å²) in [7, 11) is 0. The van der Waals surface area contributed by atoms with E-state index in [-0.39, 0.29) is 11.9 Å². The van der Waals surface area contributed by atoms with Gasteiger partial charge in [-0.05, 0) is 41.3 Å². The van der Waals surface area contributed by atoms with Crippen LogP contribution in [-0.4, -0.2) is 45.4 Å². The molecule has 2 saturated heterocycles. The fraction of sp³-hybridized carbons (Fsp3) is 0.280. The number of carbonyl (C=O) groups excluding carboxylic acids is 1. The molecule has 3 aromatic rings. The molecule has 1 amide bonds. The summed E-state index contributed by atoms with van der Waals surface area (Å²) in [5.74, 6) is 1.14. The van der Waals surface area contributed by atoms with Crippen LogP contribution in [0.25, 0.3) is 0 Å². The molecule has 2 fully saturated rings. The summed E-state index contributed by atoms with van der Waals surface area (Å²) in [5, 5.41) is 9.77. The Hall–Kier alpha value is -3.18. The number of amides is 1. The molecule has 5 rings (SSSR count). The molecule has 0 saturated carbocycles. The predicted octanol–water partition coefficient (Wildman–Crippen LogP) is 3.73. The number of phenols is 1. The minimum absolute atomic E-state index is 0.0124. The number of aromatic nitrogens is 1. The van der Waals surface area contributed by atoms with E-state index < -0.39 is 0 Å². The first-order chi connectivity index (χ1) is 14.7. The van der Waals surface area contributed by atoms with Crippen LogP contribution in [0.2, 0.25) is 0 Å². The highest BCUT2D eigenvalue weighted by Gasteiger charge is 2.49. The Morgan fingerprint density at radius 3 is 2.57 bits per heavy atom. The summed E-state index contributed by atoms with van der Waals surface area (Å²) in [4.78, 5) is 22.1. The largest absolute Gasteiger partial charge is 0.508 e. The minimum Gasteiger partial charge on any atom is -0.508 e. The van der Waals surface area contributed by atoms with Crippen LogP contribution in [0.1, 0.15) is 27.7 Å². The van der Waals surface area contributed by atoms with Crippen molar-refractivity contribution in [2.75, 3.05) is 19.6 Å². The first kappa shape index (κ1) is 18.8. The van der Waals surface area contributed by atoms with Crippen LogP contribution in [0.15, 0.2) is 79.0 Å². The lowest BCUT2D eigenvalue weighted by atomic mass is 9.89. The normalized spacial score (nSPS) is 23.5. The minimum atomic E-state index is 0.0124. The highest BCUT2D eigenvalue weighted by atomic mass is 16.3. The number of phenolic OH excluding ortho intramolecular Hbond substituents is 1. The maximum atomic E-state index is 13.3. The Balaban J connectivity index is 1.40. The molecule has 2 aromatic carbocycles. The molecule has 0 radical (unpaired) electrons. The summed E-state index contributed by atoms with van der Waals surface area (Å²) >= 11 is 0. The van der Waals surface area contributed by atoms with Crippen molar-refractivity contribution in [1.82, 2.24) is 14.8 Å². The molecule has 0 aliphatic carbocycles. The van der Waals surface area contributed by atoms with Crippen molar-refractivity contribution >= 4 is 5.91 Å². The number of rotatable bonds is 4. The Morgan fingerprint density at radius 1 is 0.967 bits per heavy atom. The van der Waals surface area contributed by atoms with Gasteiger partial charge in [0.25, 0.3) is 5.91 Å². The first-order valence-corrected chi connectivity index (χ1v) is 10.5. The number of benzene rings is 2. The second-order valence-electron chi connectivity index (χ2n) is 8.32. The Kier molecular flexibility index (Phi) is 4.97. The number of nitrogens with zero attached hydrogens (tertiary/aromatic N) is 3. The number of hydrogen-bond acceptors (Lipinski definition) is 4. The molecule has 152 valence electrons. The summed E-state index contributed by atoms with van der Waals surface area (Å²) in [6, 6.07) is 23.4. The fourth-order valence-electron chi connectivity index (χ4n) is 5.10. The molecule has 1 N–H and O–H groups in total. The van der Waals surface area contributed by atoms with Gasteiger partial charge in [-0.25, -0.2) is 0 Å². The zero-order valence-electron chi connectivity index (χ0n) is 16.8. The third kappa shape index (κ3) is 3.57. The Labute approximate surface area is 176 Å². The number of aromatic hydroxyl groups is 1. The molecule has 2 aliphatic heterocycles. The highest BCUT2D eigenvalue weighted by Crippen LogP contribution is 2.45. The molecule has 3 heterocycles. The number of likely N-dealkylation sites (tertiary alicyclic amines) is 2. The van der Waals surface area contributed by atoms with Crippen molar-refractivity contribution in [2.45, 2.75) is 12.6 Å². The zero-order valence-corrected chi connectivity index (χ0v) is 16.8. The van der Waals surface area contributed by atoms with Crippen LogP contribution in [0, 0.1) is 11.8 Å². The number of carbonyl (C=O) groups is 1. The highest BCUT2D eigenvalue weighted by molar-refractivity contribution is 5.92. The predicted molar refractivity (Wildman–Crippen MR) is 115 cm³/mol. The third-order valence-corrected chi connectivity index (χ3v) is 6.34. The van der Waals surface area contributed by atoms with Crippen molar-refractivity contribution in [1.29, 1.82) is 0 Å². The molecule has 2 aliphatic rings. The number of fused-ring (bicyclic) bond motifs is 1. The quantitative estimate of drug-likeness (QED) is 0.726. The second kappa shape index (κ2) is 7.92. The fourth-order valence-corrected chi connectivity index (χ4v) is 5.10. The topological polar surface area (TPSA) is 56.7 Å². The average molecular weight is 399 g/mol. The summed E-state index contributed by atoms with van der Waals surface area (Å²) in [6.45, 7) is 3.45. The van der Waals surface area contributed by atoms with Gasteiger partial charge in [0.2, 0.25) is 0 Å². The third-order valence-electron chi connectivity index (χ3n) is 6.34. The van der Waals surface area contributed by atoms with Gasteiger partial charge < -0.3 is 10.0 Å². The summed E-state index contributed by atoms with van der Waals surface area (Å²) < 4.78 is 0. The van der Waals surface area contributed by atoms with Gasteiger partial charge in [0.1, 0.15) is 11.4 Å². The van der Waals surface area contributed by atoms with Gasteiger partial charge in [0.15, 0.2) is 0 Å². The molecule has 0 spiro atoms. The first-order valence-electron chi connectivity index (χ1n) is 10.5. The van der Waals surface area contributed by atoms with E-state index in [1.165, 1.54) is 5.56 Å². The van der Waals surface area contributed by atoms with Crippen molar-refractivity contribution in [3.8, 4) is 5.75 Å². The molecule has 1 aromatic heterocycles. The lowest BCUT2D eigenvalue weighted by molar-refractivity contribution is 0.0693. The maximum Gasteiger partial charge on any atom is 0.272 e. The van der Waals surface area contributed by atoms with Gasteiger partial charge >= 0.3 is 0 Å². The van der Waals surface area contributed by atoms with Gasteiger partial charge in [0.05, 0.1) is 6.04 Å². The molecule has 0 bridgehead atoms. The lowest BCUT2D eigenvalue weighted by Crippen LogP contribution is -2.36. The molecule has 5 heteroatoms. The van der Waals surface area contributed by atoms with Crippen LogP contribution >= 0.6 is 0 Å². The molecular formula is C25H25N3O2. The SMILES string of the molecule is O=C(c1ccccn1)N1C[C@@H]2CN(Cc3cccc(O)c3)C[C@@H]2[C@H]1c1ccccc1. The van der Waals surface area contributed by atoms with Crippen molar-refractivity contribution in [2.24, 2.45) is 11.8 Å². The Morgan fingerprint density at radius 2 is 1.80 bits per heavy atom. The molecule has 5 nitrogen and oxygen atoms in total. The van der Waals surface area contributed by atoms with Crippen LogP contribution in [0.3, 0.4) is 0 Å². The number of hydrogen-bond donors (Lipinski definition) is 1. The van der Waals surface area contributed by atoms with Crippen molar-refractivity contribution < 1.29 is 9.90 Å². The van der Waals surface area contributed by atoms with Crippen LogP contribution in [0.4, 0.5) is 0 Å². The van der Waals surface area contributed by atoms with Crippen molar-refractivity contribution in [3.05, 3.63) is 95.8 Å². The smallest absolute Gasteiger partial charge is 0.272 e. The summed E-state index contributed by atoms with van der Waals surface area (Å²) in [6.07, 6.45) is 1.68. The zero-order chi connectivity index (χ0) is 20.5. The molecule has 30 heavy (non-hydrogen) atoms. The van der Waals surface area contributed by atoms with Gasteiger partial charge in [-0.1, -0.05) is 48.5 Å². The van der Waals surface area contributed by atoms with Crippen LogP contribution in [0.5, 0.6) is 5.75 Å². The van der Waals surface area contributed by atoms with Gasteiger partial charge in [-0.2, -0.15) is 0 Å². The monoisotopic (exact) mass is 399 g/mol. The van der Waals surface area contributed by atoms with Gasteiger partial charge in [0, 0.05) is 38.3 Å². The lowest BCUT2D eigenvalue weighted by Gasteiger charge is -2.30. The maximum absolute atomic E-state index is 13.3. The van der Waals surface area contributed by atoms with Gasteiger partial charge in [-0.15, -0.1) is 0 Å². The Bertz CT molecular complexity index is 1020. The van der Waals surface area contributed by atoms with Gasteiger partial charge in [-0.3, -0.25) is 14.7 Å². The van der Waals surface area contributed by atoms with E-state index in [9.17, 15) is 9.90 Å². The molecule has 0 unspecified atom stereocenters. The van der Waals surface area contributed by atoms with E-state index in [1.807, 2.05) is 47.4 Å².